The van der Waals surface area contributed by atoms with Crippen molar-refractivity contribution in [3.8, 4) is 5.75 Å². The molecule has 6 N–H and O–H groups in total. The number of benzene rings is 2. The summed E-state index contributed by atoms with van der Waals surface area (Å²) >= 11 is 0. The molecule has 1 atom stereocenters. The van der Waals surface area contributed by atoms with E-state index in [1.54, 1.807) is 31.2 Å². The lowest BCUT2D eigenvalue weighted by molar-refractivity contribution is -0.159. The summed E-state index contributed by atoms with van der Waals surface area (Å²) in [4.78, 5) is 78.6. The molecule has 0 aromatic heterocycles. The van der Waals surface area contributed by atoms with E-state index in [0.717, 1.165) is 43.5 Å². The van der Waals surface area contributed by atoms with Crippen LogP contribution in [0.4, 0.5) is 4.79 Å². The Bertz CT molecular complexity index is 1320. The predicted octanol–water partition coefficient (Wildman–Crippen LogP) is -0.507. The highest BCUT2D eigenvalue weighted by molar-refractivity contribution is 6.27. The van der Waals surface area contributed by atoms with Gasteiger partial charge in [-0.05, 0) is 24.6 Å². The number of carboxylic acid groups (broad SMARTS) is 4. The smallest absolute Gasteiger partial charge is 0.414 e. The van der Waals surface area contributed by atoms with Crippen molar-refractivity contribution in [1.29, 1.82) is 0 Å². The number of nitrogens with one attached hydrogen (secondary N) is 2. The lowest BCUT2D eigenvalue weighted by Crippen LogP contribution is -2.54. The second-order valence-corrected chi connectivity index (χ2v) is 9.60. The van der Waals surface area contributed by atoms with E-state index in [2.05, 4.69) is 15.6 Å². The average Bonchev–Trinajstić information content (AvgIpc) is 3.23. The Labute approximate surface area is 256 Å². The van der Waals surface area contributed by atoms with Gasteiger partial charge in [0.2, 0.25) is 0 Å². The normalized spacial score (nSPS) is 17.8. The van der Waals surface area contributed by atoms with Crippen molar-refractivity contribution >= 4 is 41.7 Å². The maximum absolute atomic E-state index is 12.9. The maximum Gasteiger partial charge on any atom is 0.414 e. The number of imide groups is 1. The van der Waals surface area contributed by atoms with Crippen molar-refractivity contribution in [3.05, 3.63) is 66.2 Å². The number of piperazine rings is 1. The molecule has 0 radical (unpaired) electrons. The van der Waals surface area contributed by atoms with Crippen LogP contribution in [0.2, 0.25) is 0 Å². The quantitative estimate of drug-likeness (QED) is 0.159. The fraction of sp³-hybridized carbons (Fsp3) is 0.321. The van der Waals surface area contributed by atoms with Crippen molar-refractivity contribution in [2.45, 2.75) is 12.5 Å². The molecule has 0 spiro atoms. The van der Waals surface area contributed by atoms with Gasteiger partial charge in [0.1, 0.15) is 17.9 Å². The molecule has 2 fully saturated rings. The number of hydrazine groups is 1. The highest BCUT2D eigenvalue weighted by Crippen LogP contribution is 2.27. The monoisotopic (exact) mass is 631 g/mol. The van der Waals surface area contributed by atoms with Crippen LogP contribution in [-0.4, -0.2) is 123 Å². The Balaban J connectivity index is 0.000000499. The van der Waals surface area contributed by atoms with Gasteiger partial charge in [-0.1, -0.05) is 48.5 Å². The summed E-state index contributed by atoms with van der Waals surface area (Å²) in [5.74, 6) is -7.33. The standard InChI is InChI=1S/C24H29N5O4.2C2H2O4/c1-24(19-8-4-2-5-9-19)22(31)29(23(32)25-24)26-21(30)18-28-14-12-27(13-15-28)16-17-33-20-10-6-3-7-11-20;2*3-1(4)2(5)6/h2-11H,12-18H2,1H3,(H,25,32)(H,26,30);2*(H,3,4)(H,5,6). The topological polar surface area (TPSA) is 243 Å². The van der Waals surface area contributed by atoms with Gasteiger partial charge in [-0.3, -0.25) is 24.8 Å². The summed E-state index contributed by atoms with van der Waals surface area (Å²) < 4.78 is 5.75. The first-order valence-corrected chi connectivity index (χ1v) is 13.3. The van der Waals surface area contributed by atoms with Crippen molar-refractivity contribution < 1.29 is 58.7 Å². The largest absolute Gasteiger partial charge is 0.492 e. The summed E-state index contributed by atoms with van der Waals surface area (Å²) in [5.41, 5.74) is 1.92. The van der Waals surface area contributed by atoms with E-state index in [4.69, 9.17) is 44.3 Å². The molecule has 0 saturated carbocycles. The van der Waals surface area contributed by atoms with Crippen LogP contribution in [0.1, 0.15) is 12.5 Å². The fourth-order valence-electron chi connectivity index (χ4n) is 4.05. The lowest BCUT2D eigenvalue weighted by Gasteiger charge is -2.34. The molecule has 17 nitrogen and oxygen atoms in total. The molecular formula is C28H33N5O12. The van der Waals surface area contributed by atoms with E-state index in [-0.39, 0.29) is 6.54 Å². The molecule has 2 aliphatic rings. The number of carbonyl (C=O) groups is 7. The Morgan fingerprint density at radius 3 is 1.73 bits per heavy atom. The maximum atomic E-state index is 12.9. The van der Waals surface area contributed by atoms with Gasteiger partial charge in [0, 0.05) is 32.7 Å². The van der Waals surface area contributed by atoms with Crippen LogP contribution in [-0.2, 0) is 34.3 Å². The first-order valence-electron chi connectivity index (χ1n) is 13.3. The average molecular weight is 632 g/mol. The van der Waals surface area contributed by atoms with Crippen molar-refractivity contribution in [1.82, 2.24) is 25.6 Å². The Morgan fingerprint density at radius 1 is 0.778 bits per heavy atom. The van der Waals surface area contributed by atoms with Gasteiger partial charge >= 0.3 is 29.9 Å². The summed E-state index contributed by atoms with van der Waals surface area (Å²) in [6.45, 7) is 6.26. The lowest BCUT2D eigenvalue weighted by atomic mass is 9.92. The molecule has 1 unspecified atom stereocenters. The van der Waals surface area contributed by atoms with Gasteiger partial charge < -0.3 is 30.5 Å². The first-order chi connectivity index (χ1) is 21.2. The van der Waals surface area contributed by atoms with Gasteiger partial charge in [-0.2, -0.15) is 5.01 Å². The first kappa shape index (κ1) is 35.6. The number of urea groups is 1. The SMILES string of the molecule is CC1(c2ccccc2)NC(=O)N(NC(=O)CN2CCN(CCOc3ccccc3)CC2)C1=O.O=C(O)C(=O)O.O=C(O)C(=O)O. The van der Waals surface area contributed by atoms with Crippen LogP contribution in [0.5, 0.6) is 5.75 Å². The third-order valence-corrected chi connectivity index (χ3v) is 6.40. The number of hydrogen-bond acceptors (Lipinski definition) is 10. The molecule has 45 heavy (non-hydrogen) atoms. The van der Waals surface area contributed by atoms with Gasteiger partial charge in [0.25, 0.3) is 11.8 Å². The van der Waals surface area contributed by atoms with E-state index in [0.29, 0.717) is 12.2 Å². The van der Waals surface area contributed by atoms with E-state index in [9.17, 15) is 14.4 Å². The zero-order chi connectivity index (χ0) is 33.6. The second-order valence-electron chi connectivity index (χ2n) is 9.60. The molecule has 4 rings (SSSR count). The number of hydrogen-bond donors (Lipinski definition) is 6. The molecule has 242 valence electrons. The Morgan fingerprint density at radius 2 is 1.24 bits per heavy atom. The number of rotatable bonds is 8. The molecule has 0 bridgehead atoms. The highest BCUT2D eigenvalue weighted by Gasteiger charge is 2.50. The van der Waals surface area contributed by atoms with Gasteiger partial charge in [0.05, 0.1) is 6.54 Å². The zero-order valence-corrected chi connectivity index (χ0v) is 24.1. The van der Waals surface area contributed by atoms with Crippen molar-refractivity contribution in [2.75, 3.05) is 45.9 Å². The third-order valence-electron chi connectivity index (χ3n) is 6.40. The summed E-state index contributed by atoms with van der Waals surface area (Å²) in [7, 11) is 0. The minimum atomic E-state index is -1.82. The Kier molecular flexibility index (Phi) is 13.4. The molecule has 2 aliphatic heterocycles. The van der Waals surface area contributed by atoms with Crippen molar-refractivity contribution in [2.24, 2.45) is 0 Å². The number of amides is 4. The summed E-state index contributed by atoms with van der Waals surface area (Å²) in [6, 6.07) is 18.1. The Hall–Kier alpha value is -5.55. The van der Waals surface area contributed by atoms with Crippen molar-refractivity contribution in [3.63, 3.8) is 0 Å². The fourth-order valence-corrected chi connectivity index (χ4v) is 4.05. The predicted molar refractivity (Wildman–Crippen MR) is 153 cm³/mol. The number of para-hydroxylation sites is 1. The van der Waals surface area contributed by atoms with Crippen LogP contribution < -0.4 is 15.5 Å². The third kappa shape index (κ3) is 11.2. The van der Waals surface area contributed by atoms with Crippen LogP contribution >= 0.6 is 0 Å². The second kappa shape index (κ2) is 16.9. The molecule has 17 heteroatoms. The molecule has 0 aliphatic carbocycles. The van der Waals surface area contributed by atoms with E-state index < -0.39 is 47.3 Å². The van der Waals surface area contributed by atoms with Gasteiger partial charge in [-0.25, -0.2) is 24.0 Å². The molecule has 2 saturated heterocycles. The van der Waals surface area contributed by atoms with E-state index >= 15 is 0 Å². The van der Waals surface area contributed by atoms with Crippen LogP contribution in [0.3, 0.4) is 0 Å². The minimum absolute atomic E-state index is 0.119. The zero-order valence-electron chi connectivity index (χ0n) is 24.1. The van der Waals surface area contributed by atoms with Crippen LogP contribution in [0.25, 0.3) is 0 Å². The highest BCUT2D eigenvalue weighted by atomic mass is 16.5. The number of nitrogens with zero attached hydrogens (tertiary/aromatic N) is 3. The molecular weight excluding hydrogens is 598 g/mol. The van der Waals surface area contributed by atoms with E-state index in [1.165, 1.54) is 0 Å². The molecule has 4 amide bonds. The van der Waals surface area contributed by atoms with Crippen LogP contribution in [0, 0.1) is 0 Å². The number of aliphatic carboxylic acids is 4. The van der Waals surface area contributed by atoms with Gasteiger partial charge in [-0.15, -0.1) is 0 Å². The summed E-state index contributed by atoms with van der Waals surface area (Å²) in [5, 5.41) is 33.0. The number of carbonyl (C=O) groups excluding carboxylic acids is 3. The summed E-state index contributed by atoms with van der Waals surface area (Å²) in [6.07, 6.45) is 0. The van der Waals surface area contributed by atoms with E-state index in [1.807, 2.05) is 41.3 Å². The molecule has 2 aromatic carbocycles. The van der Waals surface area contributed by atoms with Gasteiger partial charge in [0.15, 0.2) is 0 Å². The molecule has 2 aromatic rings. The molecule has 2 heterocycles. The van der Waals surface area contributed by atoms with Crippen LogP contribution in [0.15, 0.2) is 60.7 Å². The number of ether oxygens (including phenoxy) is 1. The number of carboxylic acids is 4. The minimum Gasteiger partial charge on any atom is -0.492 e.